The van der Waals surface area contributed by atoms with Gasteiger partial charge in [0.2, 0.25) is 0 Å². The van der Waals surface area contributed by atoms with Crippen LogP contribution in [0.2, 0.25) is 0 Å². The quantitative estimate of drug-likeness (QED) is 0.738. The molecule has 0 spiro atoms. The molecule has 0 bridgehead atoms. The lowest BCUT2D eigenvalue weighted by atomic mass is 9.87. The van der Waals surface area contributed by atoms with E-state index < -0.39 is 10.0 Å². The molecule has 0 amide bonds. The Morgan fingerprint density at radius 1 is 1.00 bits per heavy atom. The first-order valence-corrected chi connectivity index (χ1v) is 9.92. The molecule has 6 heteroatoms. The van der Waals surface area contributed by atoms with E-state index in [2.05, 4.69) is 30.6 Å². The fourth-order valence-electron chi connectivity index (χ4n) is 2.61. The van der Waals surface area contributed by atoms with Gasteiger partial charge in [-0.05, 0) is 46.9 Å². The van der Waals surface area contributed by atoms with Crippen LogP contribution < -0.4 is 4.72 Å². The van der Waals surface area contributed by atoms with Crippen molar-refractivity contribution in [1.29, 1.82) is 0 Å². The molecule has 1 aromatic heterocycles. The van der Waals surface area contributed by atoms with Gasteiger partial charge in [0, 0.05) is 18.1 Å². The lowest BCUT2D eigenvalue weighted by molar-refractivity contribution is 0.587. The topological polar surface area (TPSA) is 64.0 Å². The number of benzene rings is 2. The summed E-state index contributed by atoms with van der Waals surface area (Å²) >= 11 is 0. The number of aromatic nitrogens is 2. The molecule has 3 aromatic rings. The molecule has 136 valence electrons. The number of hydrogen-bond acceptors (Lipinski definition) is 3. The number of sulfonamides is 1. The summed E-state index contributed by atoms with van der Waals surface area (Å²) in [6, 6.07) is 16.2. The molecular formula is C20H23N3O2S. The van der Waals surface area contributed by atoms with Crippen LogP contribution in [-0.4, -0.2) is 18.2 Å². The zero-order valence-corrected chi connectivity index (χ0v) is 16.0. The molecule has 26 heavy (non-hydrogen) atoms. The Hall–Kier alpha value is -2.60. The predicted molar refractivity (Wildman–Crippen MR) is 104 cm³/mol. The highest BCUT2D eigenvalue weighted by molar-refractivity contribution is 7.92. The van der Waals surface area contributed by atoms with Crippen molar-refractivity contribution in [2.75, 3.05) is 4.72 Å². The summed E-state index contributed by atoms with van der Waals surface area (Å²) in [6.45, 7) is 6.94. The van der Waals surface area contributed by atoms with Crippen LogP contribution in [-0.2, 0) is 22.0 Å². The SMILES string of the molecule is CC(C)(C)c1ccc(S(=O)(=O)Nc2ccc(Cn3cccn3)cc2)cc1. The molecule has 0 aliphatic rings. The normalized spacial score (nSPS) is 12.1. The highest BCUT2D eigenvalue weighted by Gasteiger charge is 2.17. The minimum absolute atomic E-state index is 0.0138. The van der Waals surface area contributed by atoms with Crippen LogP contribution in [0.25, 0.3) is 0 Å². The van der Waals surface area contributed by atoms with Crippen molar-refractivity contribution in [1.82, 2.24) is 9.78 Å². The van der Waals surface area contributed by atoms with Crippen LogP contribution in [0.4, 0.5) is 5.69 Å². The predicted octanol–water partition coefficient (Wildman–Crippen LogP) is 4.03. The van der Waals surface area contributed by atoms with Crippen molar-refractivity contribution >= 4 is 15.7 Å². The van der Waals surface area contributed by atoms with Crippen LogP contribution >= 0.6 is 0 Å². The second-order valence-electron chi connectivity index (χ2n) is 7.28. The molecule has 0 saturated heterocycles. The molecule has 0 unspecified atom stereocenters. The summed E-state index contributed by atoms with van der Waals surface area (Å²) in [6.07, 6.45) is 3.62. The number of nitrogens with one attached hydrogen (secondary N) is 1. The number of rotatable bonds is 5. The second-order valence-corrected chi connectivity index (χ2v) is 8.96. The van der Waals surface area contributed by atoms with Crippen LogP contribution in [0, 0.1) is 0 Å². The summed E-state index contributed by atoms with van der Waals surface area (Å²) in [5.41, 5.74) is 2.67. The van der Waals surface area contributed by atoms with Gasteiger partial charge in [0.25, 0.3) is 10.0 Å². The average molecular weight is 369 g/mol. The third-order valence-corrected chi connectivity index (χ3v) is 5.54. The van der Waals surface area contributed by atoms with E-state index in [1.165, 1.54) is 0 Å². The molecule has 5 nitrogen and oxygen atoms in total. The summed E-state index contributed by atoms with van der Waals surface area (Å²) in [5.74, 6) is 0. The van der Waals surface area contributed by atoms with Gasteiger partial charge in [-0.3, -0.25) is 9.40 Å². The monoisotopic (exact) mass is 369 g/mol. The van der Waals surface area contributed by atoms with Crippen LogP contribution in [0.3, 0.4) is 0 Å². The summed E-state index contributed by atoms with van der Waals surface area (Å²) in [5, 5.41) is 4.16. The standard InChI is InChI=1S/C20H23N3O2S/c1-20(2,3)17-7-11-19(12-8-17)26(24,25)22-18-9-5-16(6-10-18)15-23-14-4-13-21-23/h4-14,22H,15H2,1-3H3. The maximum absolute atomic E-state index is 12.6. The maximum atomic E-state index is 12.6. The Bertz CT molecular complexity index is 953. The van der Waals surface area contributed by atoms with E-state index >= 15 is 0 Å². The van der Waals surface area contributed by atoms with Gasteiger partial charge in [0.1, 0.15) is 0 Å². The average Bonchev–Trinajstić information content (AvgIpc) is 3.09. The molecule has 3 rings (SSSR count). The Morgan fingerprint density at radius 2 is 1.65 bits per heavy atom. The van der Waals surface area contributed by atoms with E-state index in [0.29, 0.717) is 12.2 Å². The highest BCUT2D eigenvalue weighted by Crippen LogP contribution is 2.24. The van der Waals surface area contributed by atoms with Gasteiger partial charge in [0.05, 0.1) is 11.4 Å². The summed E-state index contributed by atoms with van der Waals surface area (Å²) in [4.78, 5) is 0.256. The molecule has 1 N–H and O–H groups in total. The first-order chi connectivity index (χ1) is 12.2. The van der Waals surface area contributed by atoms with Gasteiger partial charge < -0.3 is 0 Å². The van der Waals surface area contributed by atoms with Crippen LogP contribution in [0.1, 0.15) is 31.9 Å². The van der Waals surface area contributed by atoms with Crippen molar-refractivity contribution in [2.24, 2.45) is 0 Å². The van der Waals surface area contributed by atoms with E-state index in [1.54, 1.807) is 30.5 Å². The molecule has 0 aliphatic carbocycles. The van der Waals surface area contributed by atoms with E-state index in [9.17, 15) is 8.42 Å². The lowest BCUT2D eigenvalue weighted by Crippen LogP contribution is -2.15. The zero-order valence-electron chi connectivity index (χ0n) is 15.2. The fraction of sp³-hybridized carbons (Fsp3) is 0.250. The lowest BCUT2D eigenvalue weighted by Gasteiger charge is -2.19. The van der Waals surface area contributed by atoms with Crippen molar-refractivity contribution in [3.63, 3.8) is 0 Å². The minimum Gasteiger partial charge on any atom is -0.280 e. The summed E-state index contributed by atoms with van der Waals surface area (Å²) in [7, 11) is -3.61. The fourth-order valence-corrected chi connectivity index (χ4v) is 3.67. The zero-order chi connectivity index (χ0) is 18.8. The number of hydrogen-bond donors (Lipinski definition) is 1. The number of nitrogens with zero attached hydrogens (tertiary/aromatic N) is 2. The van der Waals surface area contributed by atoms with E-state index in [1.807, 2.05) is 41.2 Å². The van der Waals surface area contributed by atoms with Crippen molar-refractivity contribution < 1.29 is 8.42 Å². The molecule has 0 radical (unpaired) electrons. The second kappa shape index (κ2) is 6.96. The van der Waals surface area contributed by atoms with Gasteiger partial charge in [-0.1, -0.05) is 45.0 Å². The van der Waals surface area contributed by atoms with Crippen LogP contribution in [0.5, 0.6) is 0 Å². The van der Waals surface area contributed by atoms with Gasteiger partial charge in [-0.15, -0.1) is 0 Å². The van der Waals surface area contributed by atoms with Gasteiger partial charge in [-0.2, -0.15) is 5.10 Å². The molecule has 0 aliphatic heterocycles. The highest BCUT2D eigenvalue weighted by atomic mass is 32.2. The Kier molecular flexibility index (Phi) is 4.87. The summed E-state index contributed by atoms with van der Waals surface area (Å²) < 4.78 is 29.6. The molecule has 2 aromatic carbocycles. The largest absolute Gasteiger partial charge is 0.280 e. The Balaban J connectivity index is 1.72. The Morgan fingerprint density at radius 3 is 2.19 bits per heavy atom. The molecule has 0 atom stereocenters. The van der Waals surface area contributed by atoms with Gasteiger partial charge in [0.15, 0.2) is 0 Å². The van der Waals surface area contributed by atoms with Crippen molar-refractivity contribution in [2.45, 2.75) is 37.6 Å². The third-order valence-electron chi connectivity index (χ3n) is 4.14. The van der Waals surface area contributed by atoms with Crippen molar-refractivity contribution in [3.8, 4) is 0 Å². The minimum atomic E-state index is -3.61. The Labute approximate surface area is 154 Å². The first-order valence-electron chi connectivity index (χ1n) is 8.44. The van der Waals surface area contributed by atoms with Gasteiger partial charge >= 0.3 is 0 Å². The maximum Gasteiger partial charge on any atom is 0.261 e. The smallest absolute Gasteiger partial charge is 0.261 e. The molecule has 0 saturated carbocycles. The van der Waals surface area contributed by atoms with Gasteiger partial charge in [-0.25, -0.2) is 8.42 Å². The third kappa shape index (κ3) is 4.32. The molecule has 0 fully saturated rings. The first kappa shape index (κ1) is 18.2. The van der Waals surface area contributed by atoms with E-state index in [-0.39, 0.29) is 10.3 Å². The van der Waals surface area contributed by atoms with Crippen LogP contribution in [0.15, 0.2) is 71.9 Å². The number of anilines is 1. The van der Waals surface area contributed by atoms with E-state index in [4.69, 9.17) is 0 Å². The molecule has 1 heterocycles. The molecular weight excluding hydrogens is 346 g/mol. The van der Waals surface area contributed by atoms with Crippen molar-refractivity contribution in [3.05, 3.63) is 78.1 Å². The van der Waals surface area contributed by atoms with E-state index in [0.717, 1.165) is 11.1 Å².